The van der Waals surface area contributed by atoms with E-state index in [1.807, 2.05) is 0 Å². The fourth-order valence-electron chi connectivity index (χ4n) is 10.9. The zero-order chi connectivity index (χ0) is 58.5. The van der Waals surface area contributed by atoms with Gasteiger partial charge in [-0.2, -0.15) is 0 Å². The van der Waals surface area contributed by atoms with Crippen molar-refractivity contribution < 1.29 is 28.6 Å². The normalized spacial score (nSPS) is 12.3. The van der Waals surface area contributed by atoms with Gasteiger partial charge in [-0.05, 0) is 83.5 Å². The average Bonchev–Trinajstić information content (AvgIpc) is 3.47. The number of hydrogen-bond donors (Lipinski definition) is 0. The smallest absolute Gasteiger partial charge is 0.306 e. The molecule has 0 saturated carbocycles. The van der Waals surface area contributed by atoms with Crippen LogP contribution in [-0.2, 0) is 28.6 Å². The number of hydrogen-bond acceptors (Lipinski definition) is 6. The Labute approximate surface area is 505 Å². The zero-order valence-corrected chi connectivity index (χ0v) is 54.6. The van der Waals surface area contributed by atoms with E-state index in [2.05, 4.69) is 69.4 Å². The second-order valence-corrected chi connectivity index (χ2v) is 24.5. The molecule has 0 bridgehead atoms. The Morgan fingerprint density at radius 3 is 0.679 bits per heavy atom. The van der Waals surface area contributed by atoms with Gasteiger partial charge in [-0.3, -0.25) is 14.4 Å². The first-order valence-corrected chi connectivity index (χ1v) is 36.1. The van der Waals surface area contributed by atoms with Gasteiger partial charge in [0.15, 0.2) is 6.10 Å². The van der Waals surface area contributed by atoms with Crippen LogP contribution in [0.15, 0.2) is 48.6 Å². The van der Waals surface area contributed by atoms with Crippen molar-refractivity contribution in [3.05, 3.63) is 48.6 Å². The molecule has 6 nitrogen and oxygen atoms in total. The molecule has 0 fully saturated rings. The molecule has 1 atom stereocenters. The van der Waals surface area contributed by atoms with Crippen molar-refractivity contribution in [3.8, 4) is 0 Å². The Bertz CT molecular complexity index is 1400. The summed E-state index contributed by atoms with van der Waals surface area (Å²) in [4.78, 5) is 38.4. The molecule has 0 radical (unpaired) electrons. The molecule has 0 rings (SSSR count). The SMILES string of the molecule is CCCCCCC/C=C\C/C=C\CCCCCCCCCCCCCCCCCCCCCC(=O)OCC(COC(=O)CCCCCCCCCCCCC)OC(=O)CCCCCCCCCCC/C=C\C/C=C\CCCCCCC. The van der Waals surface area contributed by atoms with Crippen LogP contribution in [0.5, 0.6) is 0 Å². The lowest BCUT2D eigenvalue weighted by Crippen LogP contribution is -2.30. The largest absolute Gasteiger partial charge is 0.462 e. The third-order valence-electron chi connectivity index (χ3n) is 16.3. The molecule has 474 valence electrons. The fraction of sp³-hybridized carbons (Fsp3) is 0.853. The highest BCUT2D eigenvalue weighted by Crippen LogP contribution is 2.18. The van der Waals surface area contributed by atoms with Crippen LogP contribution in [0.2, 0.25) is 0 Å². The van der Waals surface area contributed by atoms with E-state index < -0.39 is 6.10 Å². The maximum atomic E-state index is 12.9. The molecule has 0 saturated heterocycles. The quantitative estimate of drug-likeness (QED) is 0.0261. The van der Waals surface area contributed by atoms with Crippen molar-refractivity contribution in [2.24, 2.45) is 0 Å². The van der Waals surface area contributed by atoms with Gasteiger partial charge in [-0.1, -0.05) is 339 Å². The Morgan fingerprint density at radius 1 is 0.247 bits per heavy atom. The van der Waals surface area contributed by atoms with E-state index in [1.165, 1.54) is 283 Å². The summed E-state index contributed by atoms with van der Waals surface area (Å²) in [6, 6.07) is 0. The third-order valence-corrected chi connectivity index (χ3v) is 16.3. The van der Waals surface area contributed by atoms with Crippen LogP contribution in [0.4, 0.5) is 0 Å². The molecular formula is C75H138O6. The monoisotopic (exact) mass is 1140 g/mol. The molecule has 1 unspecified atom stereocenters. The number of ether oxygens (including phenoxy) is 3. The number of esters is 3. The van der Waals surface area contributed by atoms with Gasteiger partial charge in [0.2, 0.25) is 0 Å². The summed E-state index contributed by atoms with van der Waals surface area (Å²) in [6.45, 7) is 6.67. The Morgan fingerprint density at radius 2 is 0.444 bits per heavy atom. The molecule has 0 aromatic rings. The summed E-state index contributed by atoms with van der Waals surface area (Å²) in [7, 11) is 0. The molecule has 0 N–H and O–H groups in total. The molecule has 0 heterocycles. The highest BCUT2D eigenvalue weighted by molar-refractivity contribution is 5.71. The lowest BCUT2D eigenvalue weighted by molar-refractivity contribution is -0.167. The molecular weight excluding hydrogens is 997 g/mol. The topological polar surface area (TPSA) is 78.9 Å². The molecule has 6 heteroatoms. The predicted molar refractivity (Wildman–Crippen MR) is 353 cm³/mol. The van der Waals surface area contributed by atoms with Crippen molar-refractivity contribution in [2.45, 2.75) is 399 Å². The lowest BCUT2D eigenvalue weighted by atomic mass is 10.0. The van der Waals surface area contributed by atoms with E-state index in [1.54, 1.807) is 0 Å². The first kappa shape index (κ1) is 78.4. The van der Waals surface area contributed by atoms with Crippen LogP contribution in [0, 0.1) is 0 Å². The summed E-state index contributed by atoms with van der Waals surface area (Å²) >= 11 is 0. The van der Waals surface area contributed by atoms with Crippen LogP contribution < -0.4 is 0 Å². The van der Waals surface area contributed by atoms with Crippen molar-refractivity contribution >= 4 is 17.9 Å². The van der Waals surface area contributed by atoms with Gasteiger partial charge in [-0.15, -0.1) is 0 Å². The van der Waals surface area contributed by atoms with Crippen LogP contribution in [0.1, 0.15) is 393 Å². The maximum Gasteiger partial charge on any atom is 0.306 e. The predicted octanol–water partition coefficient (Wildman–Crippen LogP) is 24.9. The first-order valence-electron chi connectivity index (χ1n) is 36.1. The van der Waals surface area contributed by atoms with Crippen molar-refractivity contribution in [2.75, 3.05) is 13.2 Å². The van der Waals surface area contributed by atoms with E-state index in [9.17, 15) is 14.4 Å². The van der Waals surface area contributed by atoms with Crippen molar-refractivity contribution in [1.29, 1.82) is 0 Å². The van der Waals surface area contributed by atoms with Gasteiger partial charge >= 0.3 is 17.9 Å². The minimum absolute atomic E-state index is 0.0694. The summed E-state index contributed by atoms with van der Waals surface area (Å²) in [6.07, 6.45) is 88.7. The highest BCUT2D eigenvalue weighted by atomic mass is 16.6. The highest BCUT2D eigenvalue weighted by Gasteiger charge is 2.19. The summed E-state index contributed by atoms with van der Waals surface area (Å²) in [5.74, 6) is -0.848. The average molecular weight is 1140 g/mol. The number of unbranched alkanes of at least 4 members (excludes halogenated alkanes) is 48. The van der Waals surface area contributed by atoms with Gasteiger partial charge in [0.1, 0.15) is 13.2 Å². The minimum Gasteiger partial charge on any atom is -0.462 e. The van der Waals surface area contributed by atoms with Crippen LogP contribution in [-0.4, -0.2) is 37.2 Å². The zero-order valence-electron chi connectivity index (χ0n) is 54.6. The second-order valence-electron chi connectivity index (χ2n) is 24.5. The second kappa shape index (κ2) is 69.9. The molecule has 0 amide bonds. The Hall–Kier alpha value is -2.63. The third kappa shape index (κ3) is 68.0. The van der Waals surface area contributed by atoms with Crippen molar-refractivity contribution in [3.63, 3.8) is 0 Å². The lowest BCUT2D eigenvalue weighted by Gasteiger charge is -2.18. The fourth-order valence-corrected chi connectivity index (χ4v) is 10.9. The standard InChI is InChI=1S/C75H138O6/c1-4-7-10-13-16-19-22-24-26-28-30-32-33-34-35-36-37-38-39-40-41-43-44-46-48-50-53-56-59-62-65-68-74(77)80-71-72(70-79-73(76)67-64-61-58-55-52-21-18-15-12-9-6-3)81-75(78)69-66-63-60-57-54-51-49-47-45-42-31-29-27-25-23-20-17-14-11-8-5-2/h22-25,28-31,72H,4-21,26-27,32-71H2,1-3H3/b24-22-,25-23-,30-28-,31-29-. The molecule has 0 spiro atoms. The maximum absolute atomic E-state index is 12.9. The molecule has 0 aliphatic heterocycles. The van der Waals surface area contributed by atoms with Gasteiger partial charge in [0, 0.05) is 19.3 Å². The van der Waals surface area contributed by atoms with Crippen LogP contribution in [0.3, 0.4) is 0 Å². The molecule has 0 aromatic carbocycles. The molecule has 0 aromatic heterocycles. The van der Waals surface area contributed by atoms with E-state index in [0.29, 0.717) is 19.3 Å². The molecule has 0 aliphatic rings. The molecule has 0 aliphatic carbocycles. The Balaban J connectivity index is 4.13. The van der Waals surface area contributed by atoms with E-state index in [0.717, 1.165) is 70.6 Å². The van der Waals surface area contributed by atoms with Crippen molar-refractivity contribution in [1.82, 2.24) is 0 Å². The minimum atomic E-state index is -0.773. The first-order chi connectivity index (χ1) is 40.0. The van der Waals surface area contributed by atoms with Crippen LogP contribution >= 0.6 is 0 Å². The van der Waals surface area contributed by atoms with Gasteiger partial charge < -0.3 is 14.2 Å². The van der Waals surface area contributed by atoms with Crippen LogP contribution in [0.25, 0.3) is 0 Å². The van der Waals surface area contributed by atoms with E-state index in [4.69, 9.17) is 14.2 Å². The van der Waals surface area contributed by atoms with E-state index >= 15 is 0 Å². The van der Waals surface area contributed by atoms with E-state index in [-0.39, 0.29) is 31.1 Å². The van der Waals surface area contributed by atoms with Gasteiger partial charge in [0.05, 0.1) is 0 Å². The summed E-state index contributed by atoms with van der Waals surface area (Å²) < 4.78 is 17.0. The summed E-state index contributed by atoms with van der Waals surface area (Å²) in [5, 5.41) is 0. The summed E-state index contributed by atoms with van der Waals surface area (Å²) in [5.41, 5.74) is 0. The van der Waals surface area contributed by atoms with Gasteiger partial charge in [-0.25, -0.2) is 0 Å². The number of allylic oxidation sites excluding steroid dienone is 8. The number of carbonyl (C=O) groups excluding carboxylic acids is 3. The number of carbonyl (C=O) groups is 3. The molecule has 81 heavy (non-hydrogen) atoms. The Kier molecular flexibility index (Phi) is 67.6. The van der Waals surface area contributed by atoms with Gasteiger partial charge in [0.25, 0.3) is 0 Å². The number of rotatable bonds is 67.